The maximum Gasteiger partial charge on any atom is 0.237 e. The van der Waals surface area contributed by atoms with Crippen molar-refractivity contribution in [2.75, 3.05) is 19.0 Å². The summed E-state index contributed by atoms with van der Waals surface area (Å²) in [6.07, 6.45) is -0.387. The Morgan fingerprint density at radius 2 is 2.06 bits per heavy atom. The van der Waals surface area contributed by atoms with Crippen molar-refractivity contribution in [2.45, 2.75) is 23.4 Å². The fourth-order valence-electron chi connectivity index (χ4n) is 3.08. The van der Waals surface area contributed by atoms with Crippen molar-refractivity contribution in [1.29, 1.82) is 0 Å². The fraction of sp³-hybridized carbons (Fsp3) is 0.286. The van der Waals surface area contributed by atoms with Crippen LogP contribution in [0.5, 0.6) is 17.2 Å². The highest BCUT2D eigenvalue weighted by Gasteiger charge is 2.28. The Balaban J connectivity index is 1.44. The van der Waals surface area contributed by atoms with Gasteiger partial charge in [0.15, 0.2) is 28.6 Å². The molecule has 2 unspecified atom stereocenters. The average molecular weight is 461 g/mol. The Bertz CT molecular complexity index is 1110. The van der Waals surface area contributed by atoms with Gasteiger partial charge in [0, 0.05) is 12.1 Å². The Morgan fingerprint density at radius 3 is 2.84 bits per heavy atom. The van der Waals surface area contributed by atoms with Crippen molar-refractivity contribution in [1.82, 2.24) is 14.8 Å². The van der Waals surface area contributed by atoms with Gasteiger partial charge in [-0.05, 0) is 37.3 Å². The summed E-state index contributed by atoms with van der Waals surface area (Å²) in [6, 6.07) is 12.5. The Morgan fingerprint density at radius 1 is 1.29 bits per heavy atom. The third-order valence-electron chi connectivity index (χ3n) is 4.74. The molecule has 0 saturated carbocycles. The molecule has 1 aliphatic rings. The van der Waals surface area contributed by atoms with Gasteiger partial charge in [0.05, 0.1) is 18.0 Å². The number of ether oxygens (including phenoxy) is 3. The van der Waals surface area contributed by atoms with E-state index < -0.39 is 5.25 Å². The van der Waals surface area contributed by atoms with Gasteiger partial charge in [-0.3, -0.25) is 4.79 Å². The van der Waals surface area contributed by atoms with E-state index in [1.165, 1.54) is 18.9 Å². The second kappa shape index (κ2) is 9.07. The van der Waals surface area contributed by atoms with Crippen LogP contribution in [0.25, 0.3) is 0 Å². The van der Waals surface area contributed by atoms with E-state index in [-0.39, 0.29) is 12.0 Å². The number of fused-ring (bicyclic) bond motifs is 1. The highest BCUT2D eigenvalue weighted by Crippen LogP contribution is 2.36. The molecule has 162 valence electrons. The lowest BCUT2D eigenvalue weighted by molar-refractivity contribution is -0.115. The predicted molar refractivity (Wildman–Crippen MR) is 118 cm³/mol. The van der Waals surface area contributed by atoms with Gasteiger partial charge in [-0.15, -0.1) is 10.2 Å². The molecule has 2 aromatic carbocycles. The summed E-state index contributed by atoms with van der Waals surface area (Å²) in [5, 5.41) is 12.0. The topological polar surface area (TPSA) is 87.5 Å². The Labute approximate surface area is 188 Å². The van der Waals surface area contributed by atoms with Crippen molar-refractivity contribution in [3.05, 3.63) is 53.3 Å². The quantitative estimate of drug-likeness (QED) is 0.554. The van der Waals surface area contributed by atoms with Gasteiger partial charge in [0.1, 0.15) is 12.4 Å². The molecule has 0 fully saturated rings. The first-order chi connectivity index (χ1) is 15.0. The highest BCUT2D eigenvalue weighted by molar-refractivity contribution is 8.00. The van der Waals surface area contributed by atoms with Crippen LogP contribution in [0.3, 0.4) is 0 Å². The highest BCUT2D eigenvalue weighted by atomic mass is 35.5. The molecule has 1 aromatic heterocycles. The number of para-hydroxylation sites is 2. The van der Waals surface area contributed by atoms with Gasteiger partial charge in [0.2, 0.25) is 5.91 Å². The number of anilines is 1. The SMILES string of the molecule is COc1ccc(Cl)cc1NC(=O)C(C)Sc1nnc(C2COc3ccccc3O2)n1C. The molecule has 4 rings (SSSR count). The van der Waals surface area contributed by atoms with Crippen LogP contribution in [0.15, 0.2) is 47.6 Å². The molecule has 0 spiro atoms. The summed E-state index contributed by atoms with van der Waals surface area (Å²) < 4.78 is 18.9. The number of halogens is 1. The van der Waals surface area contributed by atoms with E-state index >= 15 is 0 Å². The second-order valence-electron chi connectivity index (χ2n) is 6.86. The van der Waals surface area contributed by atoms with Crippen LogP contribution >= 0.6 is 23.4 Å². The summed E-state index contributed by atoms with van der Waals surface area (Å²) in [6.45, 7) is 2.13. The van der Waals surface area contributed by atoms with Crippen molar-refractivity contribution >= 4 is 35.0 Å². The fourth-order valence-corrected chi connectivity index (χ4v) is 4.07. The summed E-state index contributed by atoms with van der Waals surface area (Å²) in [4.78, 5) is 12.7. The van der Waals surface area contributed by atoms with Crippen LogP contribution in [0.4, 0.5) is 5.69 Å². The minimum Gasteiger partial charge on any atom is -0.495 e. The zero-order chi connectivity index (χ0) is 22.0. The molecule has 10 heteroatoms. The van der Waals surface area contributed by atoms with E-state index in [0.717, 1.165) is 0 Å². The lowest BCUT2D eigenvalue weighted by Gasteiger charge is -2.25. The normalized spacial score (nSPS) is 15.9. The van der Waals surface area contributed by atoms with Crippen LogP contribution in [-0.4, -0.2) is 39.6 Å². The molecule has 1 aliphatic heterocycles. The number of thioether (sulfide) groups is 1. The first-order valence-electron chi connectivity index (χ1n) is 9.55. The zero-order valence-electron chi connectivity index (χ0n) is 17.2. The summed E-state index contributed by atoms with van der Waals surface area (Å²) in [7, 11) is 3.37. The van der Waals surface area contributed by atoms with Gasteiger partial charge in [0.25, 0.3) is 0 Å². The standard InChI is InChI=1S/C21H21ClN4O4S/c1-12(20(27)23-14-10-13(22)8-9-15(14)28-3)31-21-25-24-19(26(21)2)18-11-29-16-6-4-5-7-17(16)30-18/h4-10,12,18H,11H2,1-3H3,(H,23,27). The number of amides is 1. The number of methoxy groups -OCH3 is 1. The van der Waals surface area contributed by atoms with Gasteiger partial charge in [-0.2, -0.15) is 0 Å². The lowest BCUT2D eigenvalue weighted by Crippen LogP contribution is -2.25. The van der Waals surface area contributed by atoms with Crippen molar-refractivity contribution in [3.63, 3.8) is 0 Å². The predicted octanol–water partition coefficient (Wildman–Crippen LogP) is 4.11. The molecule has 8 nitrogen and oxygen atoms in total. The molecule has 1 amide bonds. The molecule has 0 aliphatic carbocycles. The number of hydrogen-bond donors (Lipinski definition) is 1. The molecule has 0 bridgehead atoms. The van der Waals surface area contributed by atoms with Crippen molar-refractivity contribution in [2.24, 2.45) is 7.05 Å². The number of nitrogens with one attached hydrogen (secondary N) is 1. The molecule has 2 atom stereocenters. The Kier molecular flexibility index (Phi) is 6.24. The molecule has 1 N–H and O–H groups in total. The maximum atomic E-state index is 12.7. The summed E-state index contributed by atoms with van der Waals surface area (Å²) in [5.74, 6) is 2.32. The van der Waals surface area contributed by atoms with E-state index in [4.69, 9.17) is 25.8 Å². The first kappa shape index (κ1) is 21.3. The number of rotatable bonds is 6. The van der Waals surface area contributed by atoms with E-state index in [9.17, 15) is 4.79 Å². The number of carbonyl (C=O) groups is 1. The minimum atomic E-state index is -0.441. The molecule has 3 aromatic rings. The number of aromatic nitrogens is 3. The molecular weight excluding hydrogens is 440 g/mol. The molecule has 0 radical (unpaired) electrons. The molecule has 2 heterocycles. The largest absolute Gasteiger partial charge is 0.495 e. The van der Waals surface area contributed by atoms with Crippen LogP contribution in [0, 0.1) is 0 Å². The van der Waals surface area contributed by atoms with E-state index in [1.807, 2.05) is 35.9 Å². The number of nitrogens with zero attached hydrogens (tertiary/aromatic N) is 3. The second-order valence-corrected chi connectivity index (χ2v) is 8.60. The molecule has 31 heavy (non-hydrogen) atoms. The minimum absolute atomic E-state index is 0.207. The third-order valence-corrected chi connectivity index (χ3v) is 6.11. The number of hydrogen-bond acceptors (Lipinski definition) is 7. The van der Waals surface area contributed by atoms with Crippen LogP contribution in [-0.2, 0) is 11.8 Å². The Hall–Kier alpha value is -2.91. The number of benzene rings is 2. The maximum absolute atomic E-state index is 12.7. The van der Waals surface area contributed by atoms with E-state index in [0.29, 0.717) is 45.5 Å². The zero-order valence-corrected chi connectivity index (χ0v) is 18.7. The average Bonchev–Trinajstić information content (AvgIpc) is 3.13. The van der Waals surface area contributed by atoms with Gasteiger partial charge >= 0.3 is 0 Å². The van der Waals surface area contributed by atoms with Gasteiger partial charge in [-0.25, -0.2) is 0 Å². The summed E-state index contributed by atoms with van der Waals surface area (Å²) >= 11 is 7.33. The summed E-state index contributed by atoms with van der Waals surface area (Å²) in [5.41, 5.74) is 0.512. The lowest BCUT2D eigenvalue weighted by atomic mass is 10.2. The van der Waals surface area contributed by atoms with Crippen LogP contribution in [0.2, 0.25) is 5.02 Å². The molecule has 0 saturated heterocycles. The molecular formula is C21H21ClN4O4S. The first-order valence-corrected chi connectivity index (χ1v) is 10.8. The third kappa shape index (κ3) is 4.57. The van der Waals surface area contributed by atoms with Gasteiger partial charge in [-0.1, -0.05) is 35.5 Å². The van der Waals surface area contributed by atoms with Crippen LogP contribution in [0.1, 0.15) is 18.9 Å². The van der Waals surface area contributed by atoms with Crippen LogP contribution < -0.4 is 19.5 Å². The van der Waals surface area contributed by atoms with E-state index in [1.54, 1.807) is 25.1 Å². The van der Waals surface area contributed by atoms with E-state index in [2.05, 4.69) is 15.5 Å². The smallest absolute Gasteiger partial charge is 0.237 e. The van der Waals surface area contributed by atoms with Crippen molar-refractivity contribution < 1.29 is 19.0 Å². The van der Waals surface area contributed by atoms with Crippen molar-refractivity contribution in [3.8, 4) is 17.2 Å². The number of carbonyl (C=O) groups excluding carboxylic acids is 1. The van der Waals surface area contributed by atoms with Gasteiger partial charge < -0.3 is 24.1 Å². The monoisotopic (exact) mass is 460 g/mol.